The SMILES string of the molecule is CCN(CC)C(CNC(=O)c1ccc(S(=O)(=O)N2CCCC2)cc1)c1ccccc1Cl. The summed E-state index contributed by atoms with van der Waals surface area (Å²) in [7, 11) is -3.49. The number of amides is 1. The second-order valence-corrected chi connectivity index (χ2v) is 9.95. The fourth-order valence-electron chi connectivity index (χ4n) is 3.99. The number of benzene rings is 2. The fourth-order valence-corrected chi connectivity index (χ4v) is 5.77. The lowest BCUT2D eigenvalue weighted by molar-refractivity contribution is 0.0935. The maximum Gasteiger partial charge on any atom is 0.251 e. The highest BCUT2D eigenvalue weighted by Crippen LogP contribution is 2.27. The van der Waals surface area contributed by atoms with Crippen molar-refractivity contribution in [3.8, 4) is 0 Å². The summed E-state index contributed by atoms with van der Waals surface area (Å²) in [4.78, 5) is 15.2. The minimum absolute atomic E-state index is 0.0533. The summed E-state index contributed by atoms with van der Waals surface area (Å²) in [6, 6.07) is 13.8. The minimum atomic E-state index is -3.49. The number of sulfonamides is 1. The number of carbonyl (C=O) groups excluding carboxylic acids is 1. The number of hydrogen-bond donors (Lipinski definition) is 1. The van der Waals surface area contributed by atoms with Crippen LogP contribution in [0.5, 0.6) is 0 Å². The Kier molecular flexibility index (Phi) is 8.11. The van der Waals surface area contributed by atoms with E-state index >= 15 is 0 Å². The van der Waals surface area contributed by atoms with Gasteiger partial charge >= 0.3 is 0 Å². The van der Waals surface area contributed by atoms with E-state index < -0.39 is 10.0 Å². The smallest absolute Gasteiger partial charge is 0.251 e. The van der Waals surface area contributed by atoms with Gasteiger partial charge in [0.25, 0.3) is 5.91 Å². The fraction of sp³-hybridized carbons (Fsp3) is 0.435. The second-order valence-electron chi connectivity index (χ2n) is 7.60. The van der Waals surface area contributed by atoms with Crippen molar-refractivity contribution < 1.29 is 13.2 Å². The van der Waals surface area contributed by atoms with Crippen LogP contribution in [-0.4, -0.2) is 56.3 Å². The van der Waals surface area contributed by atoms with E-state index in [-0.39, 0.29) is 16.8 Å². The van der Waals surface area contributed by atoms with Crippen molar-refractivity contribution in [2.45, 2.75) is 37.6 Å². The molecule has 1 heterocycles. The first kappa shape index (κ1) is 23.7. The molecule has 6 nitrogen and oxygen atoms in total. The number of nitrogens with one attached hydrogen (secondary N) is 1. The van der Waals surface area contributed by atoms with Gasteiger partial charge in [0.05, 0.1) is 10.9 Å². The Labute approximate surface area is 190 Å². The lowest BCUT2D eigenvalue weighted by Gasteiger charge is -2.31. The Bertz CT molecular complexity index is 985. The van der Waals surface area contributed by atoms with E-state index in [1.54, 1.807) is 12.1 Å². The highest BCUT2D eigenvalue weighted by molar-refractivity contribution is 7.89. The van der Waals surface area contributed by atoms with Crippen LogP contribution in [0.2, 0.25) is 5.02 Å². The molecule has 0 saturated carbocycles. The molecule has 1 aliphatic rings. The molecule has 2 aromatic rings. The van der Waals surface area contributed by atoms with E-state index in [0.717, 1.165) is 31.5 Å². The molecule has 1 atom stereocenters. The first-order valence-corrected chi connectivity index (χ1v) is 12.6. The molecule has 168 valence electrons. The molecule has 1 aliphatic heterocycles. The predicted molar refractivity (Wildman–Crippen MR) is 124 cm³/mol. The Balaban J connectivity index is 1.71. The van der Waals surface area contributed by atoms with Gasteiger partial charge in [-0.3, -0.25) is 9.69 Å². The first-order valence-electron chi connectivity index (χ1n) is 10.7. The van der Waals surface area contributed by atoms with E-state index in [0.29, 0.717) is 30.2 Å². The van der Waals surface area contributed by atoms with Crippen molar-refractivity contribution in [1.29, 1.82) is 0 Å². The average Bonchev–Trinajstić information content (AvgIpc) is 3.33. The number of likely N-dealkylation sites (N-methyl/N-ethyl adjacent to an activating group) is 1. The van der Waals surface area contributed by atoms with Gasteiger partial charge in [-0.1, -0.05) is 43.6 Å². The maximum atomic E-state index is 12.8. The van der Waals surface area contributed by atoms with Crippen LogP contribution in [0.25, 0.3) is 0 Å². The molecule has 2 aromatic carbocycles. The highest BCUT2D eigenvalue weighted by Gasteiger charge is 2.27. The van der Waals surface area contributed by atoms with E-state index in [2.05, 4.69) is 24.1 Å². The Hall–Kier alpha value is -1.93. The summed E-state index contributed by atoms with van der Waals surface area (Å²) in [5.41, 5.74) is 1.40. The van der Waals surface area contributed by atoms with Crippen LogP contribution in [-0.2, 0) is 10.0 Å². The van der Waals surface area contributed by atoms with Gasteiger partial charge in [-0.25, -0.2) is 8.42 Å². The van der Waals surface area contributed by atoms with Crippen molar-refractivity contribution in [3.63, 3.8) is 0 Å². The number of nitrogens with zero attached hydrogens (tertiary/aromatic N) is 2. The Morgan fingerprint density at radius 2 is 1.68 bits per heavy atom. The van der Waals surface area contributed by atoms with Crippen LogP contribution >= 0.6 is 11.6 Å². The molecule has 1 saturated heterocycles. The lowest BCUT2D eigenvalue weighted by atomic mass is 10.0. The van der Waals surface area contributed by atoms with Crippen LogP contribution in [0.4, 0.5) is 0 Å². The van der Waals surface area contributed by atoms with Crippen LogP contribution in [0, 0.1) is 0 Å². The molecule has 0 radical (unpaired) electrons. The summed E-state index contributed by atoms with van der Waals surface area (Å²) in [5.74, 6) is -0.241. The average molecular weight is 464 g/mol. The topological polar surface area (TPSA) is 69.7 Å². The quantitative estimate of drug-likeness (QED) is 0.611. The molecular formula is C23H30ClN3O3S. The summed E-state index contributed by atoms with van der Waals surface area (Å²) >= 11 is 6.42. The molecule has 0 bridgehead atoms. The summed E-state index contributed by atoms with van der Waals surface area (Å²) in [6.07, 6.45) is 1.78. The second kappa shape index (κ2) is 10.6. The zero-order chi connectivity index (χ0) is 22.4. The summed E-state index contributed by atoms with van der Waals surface area (Å²) in [5, 5.41) is 3.66. The molecule has 1 unspecified atom stereocenters. The minimum Gasteiger partial charge on any atom is -0.350 e. The number of rotatable bonds is 9. The number of halogens is 1. The normalized spacial score (nSPS) is 15.9. The zero-order valence-electron chi connectivity index (χ0n) is 18.1. The van der Waals surface area contributed by atoms with Crippen molar-refractivity contribution in [2.24, 2.45) is 0 Å². The Morgan fingerprint density at radius 1 is 1.06 bits per heavy atom. The van der Waals surface area contributed by atoms with Crippen molar-refractivity contribution in [3.05, 3.63) is 64.7 Å². The molecule has 1 fully saturated rings. The zero-order valence-corrected chi connectivity index (χ0v) is 19.6. The maximum absolute atomic E-state index is 12.8. The summed E-state index contributed by atoms with van der Waals surface area (Å²) < 4.78 is 26.8. The molecule has 0 aliphatic carbocycles. The molecule has 31 heavy (non-hydrogen) atoms. The highest BCUT2D eigenvalue weighted by atomic mass is 35.5. The third kappa shape index (κ3) is 5.47. The predicted octanol–water partition coefficient (Wildman–Crippen LogP) is 3.94. The molecule has 1 N–H and O–H groups in total. The lowest BCUT2D eigenvalue weighted by Crippen LogP contribution is -2.38. The van der Waals surface area contributed by atoms with Gasteiger partial charge in [-0.2, -0.15) is 4.31 Å². The van der Waals surface area contributed by atoms with Gasteiger partial charge in [0.2, 0.25) is 10.0 Å². The van der Waals surface area contributed by atoms with Gasteiger partial charge in [0, 0.05) is 30.2 Å². The molecule has 1 amide bonds. The van der Waals surface area contributed by atoms with Crippen molar-refractivity contribution in [2.75, 3.05) is 32.7 Å². The van der Waals surface area contributed by atoms with E-state index in [1.807, 2.05) is 24.3 Å². The largest absolute Gasteiger partial charge is 0.350 e. The van der Waals surface area contributed by atoms with Crippen molar-refractivity contribution in [1.82, 2.24) is 14.5 Å². The van der Waals surface area contributed by atoms with E-state index in [1.165, 1.54) is 16.4 Å². The molecule has 3 rings (SSSR count). The third-order valence-corrected chi connectivity index (χ3v) is 8.05. The molecule has 0 spiro atoms. The monoisotopic (exact) mass is 463 g/mol. The molecule has 0 aromatic heterocycles. The van der Waals surface area contributed by atoms with Crippen LogP contribution in [0.3, 0.4) is 0 Å². The first-order chi connectivity index (χ1) is 14.9. The number of carbonyl (C=O) groups is 1. The molecule has 8 heteroatoms. The number of hydrogen-bond acceptors (Lipinski definition) is 4. The van der Waals surface area contributed by atoms with E-state index in [9.17, 15) is 13.2 Å². The third-order valence-electron chi connectivity index (χ3n) is 5.79. The van der Waals surface area contributed by atoms with Gasteiger partial charge in [-0.05, 0) is 61.8 Å². The van der Waals surface area contributed by atoms with Crippen LogP contribution in [0.1, 0.15) is 48.7 Å². The van der Waals surface area contributed by atoms with Crippen LogP contribution < -0.4 is 5.32 Å². The van der Waals surface area contributed by atoms with Crippen LogP contribution in [0.15, 0.2) is 53.4 Å². The van der Waals surface area contributed by atoms with Gasteiger partial charge in [0.15, 0.2) is 0 Å². The summed E-state index contributed by atoms with van der Waals surface area (Å²) in [6.45, 7) is 7.32. The van der Waals surface area contributed by atoms with Gasteiger partial charge < -0.3 is 5.32 Å². The van der Waals surface area contributed by atoms with E-state index in [4.69, 9.17) is 11.6 Å². The Morgan fingerprint density at radius 3 is 2.26 bits per heavy atom. The van der Waals surface area contributed by atoms with Gasteiger partial charge in [-0.15, -0.1) is 0 Å². The van der Waals surface area contributed by atoms with Crippen molar-refractivity contribution >= 4 is 27.5 Å². The molecular weight excluding hydrogens is 434 g/mol. The standard InChI is InChI=1S/C23H30ClN3O3S/c1-3-26(4-2)22(20-9-5-6-10-21(20)24)17-25-23(28)18-11-13-19(14-12-18)31(29,30)27-15-7-8-16-27/h5-6,9-14,22H,3-4,7-8,15-17H2,1-2H3,(H,25,28). The van der Waals surface area contributed by atoms with Gasteiger partial charge in [0.1, 0.15) is 0 Å².